The van der Waals surface area contributed by atoms with Crippen molar-refractivity contribution in [2.75, 3.05) is 0 Å². The lowest BCUT2D eigenvalue weighted by Crippen LogP contribution is -2.32. The average molecular weight is 341 g/mol. The molecule has 6 heteroatoms. The summed E-state index contributed by atoms with van der Waals surface area (Å²) in [5.41, 5.74) is 0.799. The number of benzene rings is 2. The molecule has 2 aromatic carbocycles. The van der Waals surface area contributed by atoms with Crippen LogP contribution in [0.15, 0.2) is 53.4 Å². The highest BCUT2D eigenvalue weighted by Crippen LogP contribution is 2.28. The second-order valence-electron chi connectivity index (χ2n) is 5.49. The van der Waals surface area contributed by atoms with E-state index in [1.165, 1.54) is 23.9 Å². The third-order valence-corrected chi connectivity index (χ3v) is 4.48. The molecular formula is C18H15NO4S. The standard InChI is InChI=1S/C18H15NO4S/c1-11(2)24-15-10-6-5-9-14(15)18(22)23-19-16(20)12-7-3-4-8-13(12)17(19)21/h3-11H,1-2H3. The summed E-state index contributed by atoms with van der Waals surface area (Å²) in [6.07, 6.45) is 0. The van der Waals surface area contributed by atoms with Gasteiger partial charge in [-0.15, -0.1) is 11.8 Å². The van der Waals surface area contributed by atoms with Gasteiger partial charge in [0.1, 0.15) is 0 Å². The second kappa shape index (κ2) is 6.49. The number of nitrogens with zero attached hydrogens (tertiary/aromatic N) is 1. The Morgan fingerprint density at radius 1 is 0.958 bits per heavy atom. The molecule has 3 rings (SSSR count). The van der Waals surface area contributed by atoms with E-state index >= 15 is 0 Å². The van der Waals surface area contributed by atoms with Crippen molar-refractivity contribution in [2.24, 2.45) is 0 Å². The van der Waals surface area contributed by atoms with Gasteiger partial charge in [-0.3, -0.25) is 9.59 Å². The number of hydroxylamine groups is 2. The quantitative estimate of drug-likeness (QED) is 0.628. The van der Waals surface area contributed by atoms with Crippen LogP contribution in [0.5, 0.6) is 0 Å². The number of carbonyl (C=O) groups excluding carboxylic acids is 3. The Bertz CT molecular complexity index is 796. The summed E-state index contributed by atoms with van der Waals surface area (Å²) in [4.78, 5) is 42.8. The number of imide groups is 1. The number of hydrogen-bond donors (Lipinski definition) is 0. The zero-order chi connectivity index (χ0) is 17.3. The molecule has 2 amide bonds. The smallest absolute Gasteiger partial charge is 0.324 e. The Labute approximate surface area is 143 Å². The Morgan fingerprint density at radius 2 is 1.50 bits per heavy atom. The number of rotatable bonds is 4. The highest BCUT2D eigenvalue weighted by molar-refractivity contribution is 8.00. The van der Waals surface area contributed by atoms with Gasteiger partial charge in [-0.1, -0.05) is 43.2 Å². The van der Waals surface area contributed by atoms with E-state index in [-0.39, 0.29) is 16.4 Å². The van der Waals surface area contributed by atoms with Crippen LogP contribution in [0, 0.1) is 0 Å². The number of carbonyl (C=O) groups is 3. The topological polar surface area (TPSA) is 63.7 Å². The van der Waals surface area contributed by atoms with E-state index in [0.29, 0.717) is 10.6 Å². The Kier molecular flexibility index (Phi) is 4.40. The predicted molar refractivity (Wildman–Crippen MR) is 89.8 cm³/mol. The first-order valence-electron chi connectivity index (χ1n) is 7.45. The Hall–Kier alpha value is -2.60. The Balaban J connectivity index is 1.84. The van der Waals surface area contributed by atoms with Crippen LogP contribution < -0.4 is 0 Å². The minimum Gasteiger partial charge on any atom is -0.324 e. The predicted octanol–water partition coefficient (Wildman–Crippen LogP) is 3.56. The zero-order valence-corrected chi connectivity index (χ0v) is 14.0. The van der Waals surface area contributed by atoms with Gasteiger partial charge in [0.25, 0.3) is 11.8 Å². The molecule has 24 heavy (non-hydrogen) atoms. The van der Waals surface area contributed by atoms with E-state index in [2.05, 4.69) is 0 Å². The zero-order valence-electron chi connectivity index (χ0n) is 13.2. The molecule has 0 saturated carbocycles. The first kappa shape index (κ1) is 16.3. The largest absolute Gasteiger partial charge is 0.365 e. The first-order valence-corrected chi connectivity index (χ1v) is 8.33. The second-order valence-corrected chi connectivity index (χ2v) is 7.11. The van der Waals surface area contributed by atoms with Gasteiger partial charge in [0, 0.05) is 10.1 Å². The lowest BCUT2D eigenvalue weighted by atomic mass is 10.1. The van der Waals surface area contributed by atoms with E-state index < -0.39 is 17.8 Å². The van der Waals surface area contributed by atoms with Crippen molar-refractivity contribution in [1.29, 1.82) is 0 Å². The minimum absolute atomic E-state index is 0.236. The average Bonchev–Trinajstić information content (AvgIpc) is 2.80. The van der Waals surface area contributed by atoms with Gasteiger partial charge in [0.05, 0.1) is 16.7 Å². The van der Waals surface area contributed by atoms with E-state index in [1.807, 2.05) is 26.0 Å². The van der Waals surface area contributed by atoms with E-state index in [9.17, 15) is 14.4 Å². The Morgan fingerprint density at radius 3 is 2.08 bits per heavy atom. The van der Waals surface area contributed by atoms with Gasteiger partial charge in [-0.05, 0) is 24.3 Å². The molecule has 0 aliphatic carbocycles. The number of hydrogen-bond acceptors (Lipinski definition) is 5. The van der Waals surface area contributed by atoms with Gasteiger partial charge in [-0.2, -0.15) is 0 Å². The van der Waals surface area contributed by atoms with Crippen molar-refractivity contribution in [1.82, 2.24) is 5.06 Å². The molecule has 0 saturated heterocycles. The SMILES string of the molecule is CC(C)Sc1ccccc1C(=O)ON1C(=O)c2ccccc2C1=O. The van der Waals surface area contributed by atoms with Crippen molar-refractivity contribution in [3.05, 3.63) is 65.2 Å². The maximum absolute atomic E-state index is 12.5. The molecule has 1 aliphatic rings. The molecule has 0 aromatic heterocycles. The number of thioether (sulfide) groups is 1. The van der Waals surface area contributed by atoms with Crippen LogP contribution in [-0.4, -0.2) is 28.1 Å². The van der Waals surface area contributed by atoms with Gasteiger partial charge in [0.2, 0.25) is 0 Å². The normalized spacial score (nSPS) is 13.4. The lowest BCUT2D eigenvalue weighted by molar-refractivity contribution is -0.0586. The number of fused-ring (bicyclic) bond motifs is 1. The summed E-state index contributed by atoms with van der Waals surface area (Å²) in [7, 11) is 0. The molecule has 122 valence electrons. The highest BCUT2D eigenvalue weighted by Gasteiger charge is 2.39. The maximum Gasteiger partial charge on any atom is 0.365 e. The summed E-state index contributed by atoms with van der Waals surface area (Å²) >= 11 is 1.51. The van der Waals surface area contributed by atoms with Gasteiger partial charge in [-0.25, -0.2) is 4.79 Å². The summed E-state index contributed by atoms with van der Waals surface area (Å²) < 4.78 is 0. The van der Waals surface area contributed by atoms with Crippen LogP contribution >= 0.6 is 11.8 Å². The molecule has 1 heterocycles. The van der Waals surface area contributed by atoms with Crippen LogP contribution in [0.4, 0.5) is 0 Å². The summed E-state index contributed by atoms with van der Waals surface area (Å²) in [5, 5.41) is 0.808. The summed E-state index contributed by atoms with van der Waals surface area (Å²) in [5.74, 6) is -1.98. The van der Waals surface area contributed by atoms with Gasteiger partial charge >= 0.3 is 5.97 Å². The van der Waals surface area contributed by atoms with Crippen molar-refractivity contribution in [3.8, 4) is 0 Å². The monoisotopic (exact) mass is 341 g/mol. The molecule has 0 unspecified atom stereocenters. The molecule has 0 fully saturated rings. The molecule has 0 bridgehead atoms. The lowest BCUT2D eigenvalue weighted by Gasteiger charge is -2.15. The summed E-state index contributed by atoms with van der Waals surface area (Å²) in [6, 6.07) is 13.3. The third kappa shape index (κ3) is 2.92. The van der Waals surface area contributed by atoms with Crippen LogP contribution in [-0.2, 0) is 4.84 Å². The number of amides is 2. The molecule has 0 spiro atoms. The van der Waals surface area contributed by atoms with Crippen molar-refractivity contribution >= 4 is 29.5 Å². The molecule has 5 nitrogen and oxygen atoms in total. The van der Waals surface area contributed by atoms with Gasteiger partial charge in [0.15, 0.2) is 0 Å². The van der Waals surface area contributed by atoms with Crippen LogP contribution in [0.2, 0.25) is 0 Å². The molecule has 1 aliphatic heterocycles. The third-order valence-electron chi connectivity index (χ3n) is 3.40. The summed E-state index contributed by atoms with van der Waals surface area (Å²) in [6.45, 7) is 4.02. The van der Waals surface area contributed by atoms with Crippen molar-refractivity contribution in [2.45, 2.75) is 24.0 Å². The van der Waals surface area contributed by atoms with Crippen molar-refractivity contribution < 1.29 is 19.2 Å². The highest BCUT2D eigenvalue weighted by atomic mass is 32.2. The molecular weight excluding hydrogens is 326 g/mol. The van der Waals surface area contributed by atoms with E-state index in [1.54, 1.807) is 24.3 Å². The van der Waals surface area contributed by atoms with Crippen molar-refractivity contribution in [3.63, 3.8) is 0 Å². The van der Waals surface area contributed by atoms with Crippen LogP contribution in [0.1, 0.15) is 44.9 Å². The fourth-order valence-corrected chi connectivity index (χ4v) is 3.32. The molecule has 0 atom stereocenters. The molecule has 2 aromatic rings. The van der Waals surface area contributed by atoms with Crippen LogP contribution in [0.25, 0.3) is 0 Å². The van der Waals surface area contributed by atoms with Crippen LogP contribution in [0.3, 0.4) is 0 Å². The fraction of sp³-hybridized carbons (Fsp3) is 0.167. The maximum atomic E-state index is 12.5. The fourth-order valence-electron chi connectivity index (χ4n) is 2.37. The molecule has 0 N–H and O–H groups in total. The van der Waals surface area contributed by atoms with Gasteiger partial charge < -0.3 is 4.84 Å². The van der Waals surface area contributed by atoms with E-state index in [4.69, 9.17) is 4.84 Å². The van der Waals surface area contributed by atoms with E-state index in [0.717, 1.165) is 4.90 Å². The first-order chi connectivity index (χ1) is 11.5. The molecule has 0 radical (unpaired) electrons. The minimum atomic E-state index is -0.728.